The van der Waals surface area contributed by atoms with Gasteiger partial charge >= 0.3 is 5.97 Å². The maximum atomic E-state index is 11.5. The van der Waals surface area contributed by atoms with Crippen LogP contribution in [-0.2, 0) is 16.1 Å². The molecule has 0 saturated heterocycles. The zero-order valence-corrected chi connectivity index (χ0v) is 11.0. The Hall–Kier alpha value is -2.14. The summed E-state index contributed by atoms with van der Waals surface area (Å²) in [7, 11) is 1.66. The predicted octanol–water partition coefficient (Wildman–Crippen LogP) is 2.20. The Morgan fingerprint density at radius 3 is 2.68 bits per heavy atom. The standard InChI is InChI=1S/C14H16N2O3/c1-3-19-14(17)13-8-16(10-15-13)12-6-4-11(5-7-12)9-18-2/h4-8,10H,3,9H2,1-2H3. The molecule has 1 aromatic heterocycles. The lowest BCUT2D eigenvalue weighted by molar-refractivity contribution is 0.0520. The number of aromatic nitrogens is 2. The van der Waals surface area contributed by atoms with E-state index in [1.165, 1.54) is 0 Å². The van der Waals surface area contributed by atoms with Gasteiger partial charge in [0.05, 0.1) is 13.2 Å². The maximum absolute atomic E-state index is 11.5. The lowest BCUT2D eigenvalue weighted by atomic mass is 10.2. The van der Waals surface area contributed by atoms with Crippen molar-refractivity contribution in [3.8, 4) is 5.69 Å². The minimum atomic E-state index is -0.405. The van der Waals surface area contributed by atoms with Crippen LogP contribution in [0.15, 0.2) is 36.8 Å². The molecule has 1 heterocycles. The minimum absolute atomic E-state index is 0.308. The van der Waals surface area contributed by atoms with Gasteiger partial charge in [0.25, 0.3) is 0 Å². The van der Waals surface area contributed by atoms with Crippen LogP contribution in [0.2, 0.25) is 0 Å². The molecule has 19 heavy (non-hydrogen) atoms. The van der Waals surface area contributed by atoms with Gasteiger partial charge in [0, 0.05) is 19.0 Å². The number of hydrogen-bond donors (Lipinski definition) is 0. The molecule has 2 aromatic rings. The molecular weight excluding hydrogens is 244 g/mol. The molecule has 0 fully saturated rings. The Morgan fingerprint density at radius 1 is 1.32 bits per heavy atom. The number of nitrogens with zero attached hydrogens (tertiary/aromatic N) is 2. The van der Waals surface area contributed by atoms with Gasteiger partial charge in [0.2, 0.25) is 0 Å². The van der Waals surface area contributed by atoms with Gasteiger partial charge in [-0.3, -0.25) is 0 Å². The van der Waals surface area contributed by atoms with Crippen molar-refractivity contribution in [1.82, 2.24) is 9.55 Å². The lowest BCUT2D eigenvalue weighted by Crippen LogP contribution is -2.04. The molecule has 0 saturated carbocycles. The highest BCUT2D eigenvalue weighted by molar-refractivity contribution is 5.87. The zero-order chi connectivity index (χ0) is 13.7. The van der Waals surface area contributed by atoms with Crippen LogP contribution >= 0.6 is 0 Å². The molecule has 0 amide bonds. The summed E-state index contributed by atoms with van der Waals surface area (Å²) in [6, 6.07) is 7.85. The van der Waals surface area contributed by atoms with Crippen molar-refractivity contribution in [2.45, 2.75) is 13.5 Å². The van der Waals surface area contributed by atoms with Crippen LogP contribution < -0.4 is 0 Å². The van der Waals surface area contributed by atoms with Crippen LogP contribution in [0.3, 0.4) is 0 Å². The van der Waals surface area contributed by atoms with Crippen LogP contribution in [-0.4, -0.2) is 29.2 Å². The summed E-state index contributed by atoms with van der Waals surface area (Å²) in [5.41, 5.74) is 2.34. The first kappa shape index (κ1) is 13.3. The maximum Gasteiger partial charge on any atom is 0.358 e. The Balaban J connectivity index is 2.15. The lowest BCUT2D eigenvalue weighted by Gasteiger charge is -2.03. The fourth-order valence-corrected chi connectivity index (χ4v) is 1.71. The second kappa shape index (κ2) is 6.15. The van der Waals surface area contributed by atoms with Crippen molar-refractivity contribution in [2.75, 3.05) is 13.7 Å². The third-order valence-corrected chi connectivity index (χ3v) is 2.61. The molecule has 1 aromatic carbocycles. The summed E-state index contributed by atoms with van der Waals surface area (Å²) in [6.07, 6.45) is 3.25. The van der Waals surface area contributed by atoms with Gasteiger partial charge < -0.3 is 14.0 Å². The molecule has 0 bridgehead atoms. The summed E-state index contributed by atoms with van der Waals surface area (Å²) in [5.74, 6) is -0.405. The Labute approximate surface area is 111 Å². The average molecular weight is 260 g/mol. The van der Waals surface area contributed by atoms with Crippen molar-refractivity contribution >= 4 is 5.97 Å². The van der Waals surface area contributed by atoms with Gasteiger partial charge in [0.15, 0.2) is 5.69 Å². The van der Waals surface area contributed by atoms with Crippen molar-refractivity contribution < 1.29 is 14.3 Å². The van der Waals surface area contributed by atoms with Crippen LogP contribution in [0.25, 0.3) is 5.69 Å². The van der Waals surface area contributed by atoms with Crippen LogP contribution in [0.1, 0.15) is 23.0 Å². The van der Waals surface area contributed by atoms with E-state index in [0.29, 0.717) is 18.9 Å². The second-order valence-electron chi connectivity index (χ2n) is 3.99. The first-order valence-electron chi connectivity index (χ1n) is 6.04. The van der Waals surface area contributed by atoms with E-state index in [0.717, 1.165) is 11.3 Å². The summed E-state index contributed by atoms with van der Waals surface area (Å²) >= 11 is 0. The normalized spacial score (nSPS) is 10.4. The molecule has 0 unspecified atom stereocenters. The fourth-order valence-electron chi connectivity index (χ4n) is 1.71. The molecule has 2 rings (SSSR count). The van der Waals surface area contributed by atoms with Gasteiger partial charge in [0.1, 0.15) is 6.33 Å². The molecule has 0 aliphatic heterocycles. The predicted molar refractivity (Wildman–Crippen MR) is 70.2 cm³/mol. The SMILES string of the molecule is CCOC(=O)c1cn(-c2ccc(COC)cc2)cn1. The summed E-state index contributed by atoms with van der Waals surface area (Å²) in [6.45, 7) is 2.69. The summed E-state index contributed by atoms with van der Waals surface area (Å²) < 4.78 is 11.7. The number of ether oxygens (including phenoxy) is 2. The molecular formula is C14H16N2O3. The Kier molecular flexibility index (Phi) is 4.30. The van der Waals surface area contributed by atoms with Crippen molar-refractivity contribution in [2.24, 2.45) is 0 Å². The molecule has 0 atom stereocenters. The third kappa shape index (κ3) is 3.20. The molecule has 5 nitrogen and oxygen atoms in total. The number of methoxy groups -OCH3 is 1. The van der Waals surface area contributed by atoms with Gasteiger partial charge in [-0.25, -0.2) is 9.78 Å². The van der Waals surface area contributed by atoms with Gasteiger partial charge in [-0.2, -0.15) is 0 Å². The average Bonchev–Trinajstić information content (AvgIpc) is 2.90. The smallest absolute Gasteiger partial charge is 0.358 e. The highest BCUT2D eigenvalue weighted by Crippen LogP contribution is 2.11. The number of imidazole rings is 1. The molecule has 0 aliphatic rings. The van der Waals surface area contributed by atoms with E-state index < -0.39 is 5.97 Å². The second-order valence-corrected chi connectivity index (χ2v) is 3.99. The van der Waals surface area contributed by atoms with Crippen molar-refractivity contribution in [3.05, 3.63) is 48.0 Å². The Bertz CT molecular complexity index is 546. The highest BCUT2D eigenvalue weighted by atomic mass is 16.5. The summed E-state index contributed by atoms with van der Waals surface area (Å²) in [5, 5.41) is 0. The first-order valence-corrected chi connectivity index (χ1v) is 6.04. The molecule has 0 N–H and O–H groups in total. The number of hydrogen-bond acceptors (Lipinski definition) is 4. The minimum Gasteiger partial charge on any atom is -0.461 e. The topological polar surface area (TPSA) is 53.4 Å². The first-order chi connectivity index (χ1) is 9.24. The van der Waals surface area contributed by atoms with Gasteiger partial charge in [-0.1, -0.05) is 12.1 Å². The molecule has 0 spiro atoms. The van der Waals surface area contributed by atoms with E-state index in [1.54, 1.807) is 31.1 Å². The van der Waals surface area contributed by atoms with Gasteiger partial charge in [-0.15, -0.1) is 0 Å². The van der Waals surface area contributed by atoms with E-state index in [9.17, 15) is 4.79 Å². The third-order valence-electron chi connectivity index (χ3n) is 2.61. The van der Waals surface area contributed by atoms with E-state index >= 15 is 0 Å². The van der Waals surface area contributed by atoms with E-state index in [-0.39, 0.29) is 0 Å². The monoisotopic (exact) mass is 260 g/mol. The number of carbonyl (C=O) groups is 1. The molecule has 5 heteroatoms. The largest absolute Gasteiger partial charge is 0.461 e. The number of esters is 1. The summed E-state index contributed by atoms with van der Waals surface area (Å²) in [4.78, 5) is 15.5. The van der Waals surface area contributed by atoms with Crippen LogP contribution in [0.4, 0.5) is 0 Å². The van der Waals surface area contributed by atoms with Crippen LogP contribution in [0, 0.1) is 0 Å². The van der Waals surface area contributed by atoms with Crippen molar-refractivity contribution in [3.63, 3.8) is 0 Å². The zero-order valence-electron chi connectivity index (χ0n) is 11.0. The highest BCUT2D eigenvalue weighted by Gasteiger charge is 2.10. The Morgan fingerprint density at radius 2 is 2.05 bits per heavy atom. The van der Waals surface area contributed by atoms with Crippen LogP contribution in [0.5, 0.6) is 0 Å². The van der Waals surface area contributed by atoms with Crippen molar-refractivity contribution in [1.29, 1.82) is 0 Å². The van der Waals surface area contributed by atoms with E-state index in [1.807, 2.05) is 24.3 Å². The van der Waals surface area contributed by atoms with E-state index in [4.69, 9.17) is 9.47 Å². The number of benzene rings is 1. The molecule has 0 aliphatic carbocycles. The quantitative estimate of drug-likeness (QED) is 0.773. The number of rotatable bonds is 5. The van der Waals surface area contributed by atoms with E-state index in [2.05, 4.69) is 4.98 Å². The van der Waals surface area contributed by atoms with Gasteiger partial charge in [-0.05, 0) is 24.6 Å². The molecule has 100 valence electrons. The fraction of sp³-hybridized carbons (Fsp3) is 0.286. The number of carbonyl (C=O) groups excluding carboxylic acids is 1. The molecule has 0 radical (unpaired) electrons.